The number of ketones is 1. The van der Waals surface area contributed by atoms with Crippen LogP contribution in [-0.2, 0) is 9.53 Å². The molecule has 2 N–H and O–H groups in total. The summed E-state index contributed by atoms with van der Waals surface area (Å²) in [7, 11) is 3.26. The number of carbonyl (C=O) groups excluding carboxylic acids is 2. The summed E-state index contributed by atoms with van der Waals surface area (Å²) < 4.78 is 4.83. The van der Waals surface area contributed by atoms with Crippen molar-refractivity contribution in [1.29, 1.82) is 0 Å². The number of nitrogens with one attached hydrogen (secondary N) is 1. The van der Waals surface area contributed by atoms with E-state index in [4.69, 9.17) is 4.74 Å². The molecule has 0 aliphatic carbocycles. The smallest absolute Gasteiger partial charge is 0.238 e. The van der Waals surface area contributed by atoms with Gasteiger partial charge < -0.3 is 15.2 Å². The number of benzene rings is 1. The van der Waals surface area contributed by atoms with Crippen molar-refractivity contribution >= 4 is 17.4 Å². The molecule has 116 valence electrons. The predicted molar refractivity (Wildman–Crippen MR) is 80.5 cm³/mol. The van der Waals surface area contributed by atoms with Crippen LogP contribution >= 0.6 is 0 Å². The van der Waals surface area contributed by atoms with E-state index in [-0.39, 0.29) is 24.8 Å². The molecule has 1 unspecified atom stereocenters. The third-order valence-corrected chi connectivity index (χ3v) is 2.87. The van der Waals surface area contributed by atoms with Gasteiger partial charge in [-0.05, 0) is 38.2 Å². The Balaban J connectivity index is 2.44. The van der Waals surface area contributed by atoms with E-state index in [1.165, 1.54) is 14.0 Å². The Morgan fingerprint density at radius 1 is 1.33 bits per heavy atom. The number of rotatable bonds is 8. The highest BCUT2D eigenvalue weighted by Gasteiger charge is 2.11. The second-order valence-corrected chi connectivity index (χ2v) is 4.99. The zero-order chi connectivity index (χ0) is 15.8. The van der Waals surface area contributed by atoms with Crippen molar-refractivity contribution in [2.24, 2.45) is 0 Å². The minimum atomic E-state index is -0.623. The number of ether oxygens (including phenoxy) is 1. The lowest BCUT2D eigenvalue weighted by Crippen LogP contribution is -2.37. The summed E-state index contributed by atoms with van der Waals surface area (Å²) in [5.74, 6) is -0.197. The molecule has 6 nitrogen and oxygen atoms in total. The summed E-state index contributed by atoms with van der Waals surface area (Å²) in [5.41, 5.74) is 1.24. The van der Waals surface area contributed by atoms with Crippen LogP contribution in [0.5, 0.6) is 0 Å². The van der Waals surface area contributed by atoms with Crippen LogP contribution in [0.15, 0.2) is 24.3 Å². The topological polar surface area (TPSA) is 78.9 Å². The molecule has 21 heavy (non-hydrogen) atoms. The van der Waals surface area contributed by atoms with Crippen LogP contribution in [0.4, 0.5) is 5.69 Å². The third kappa shape index (κ3) is 6.48. The fourth-order valence-electron chi connectivity index (χ4n) is 1.90. The molecular formula is C15H22N2O4. The number of hydrogen-bond acceptors (Lipinski definition) is 5. The standard InChI is InChI=1S/C15H22N2O4/c1-11(18)12-4-6-13(7-5-12)16-15(20)9-17(2)8-14(19)10-21-3/h4-7,14,19H,8-10H2,1-3H3,(H,16,20). The maximum absolute atomic E-state index is 11.8. The molecule has 1 atom stereocenters. The summed E-state index contributed by atoms with van der Waals surface area (Å²) in [5, 5.41) is 12.3. The van der Waals surface area contributed by atoms with Gasteiger partial charge in [-0.2, -0.15) is 0 Å². The van der Waals surface area contributed by atoms with E-state index in [1.54, 1.807) is 36.2 Å². The number of aliphatic hydroxyl groups excluding tert-OH is 1. The molecule has 0 aromatic heterocycles. The van der Waals surface area contributed by atoms with Gasteiger partial charge in [-0.15, -0.1) is 0 Å². The Labute approximate surface area is 124 Å². The molecule has 0 radical (unpaired) electrons. The highest BCUT2D eigenvalue weighted by atomic mass is 16.5. The lowest BCUT2D eigenvalue weighted by atomic mass is 10.1. The van der Waals surface area contributed by atoms with E-state index in [1.807, 2.05) is 0 Å². The van der Waals surface area contributed by atoms with Gasteiger partial charge in [0.15, 0.2) is 5.78 Å². The van der Waals surface area contributed by atoms with E-state index < -0.39 is 6.10 Å². The van der Waals surface area contributed by atoms with Crippen LogP contribution in [0.3, 0.4) is 0 Å². The highest BCUT2D eigenvalue weighted by molar-refractivity contribution is 5.96. The zero-order valence-electron chi connectivity index (χ0n) is 12.6. The van der Waals surface area contributed by atoms with Gasteiger partial charge in [0.2, 0.25) is 5.91 Å². The fourth-order valence-corrected chi connectivity index (χ4v) is 1.90. The molecule has 0 fully saturated rings. The van der Waals surface area contributed by atoms with Crippen LogP contribution in [0.2, 0.25) is 0 Å². The number of Topliss-reactive ketones (excluding diaryl/α,β-unsaturated/α-hetero) is 1. The molecule has 0 heterocycles. The van der Waals surface area contributed by atoms with Crippen LogP contribution in [0.1, 0.15) is 17.3 Å². The third-order valence-electron chi connectivity index (χ3n) is 2.87. The molecule has 0 aliphatic rings. The summed E-state index contributed by atoms with van der Waals surface area (Å²) in [6, 6.07) is 6.72. The fraction of sp³-hybridized carbons (Fsp3) is 0.467. The Morgan fingerprint density at radius 2 is 1.95 bits per heavy atom. The van der Waals surface area contributed by atoms with Crippen molar-refractivity contribution < 1.29 is 19.4 Å². The Morgan fingerprint density at radius 3 is 2.48 bits per heavy atom. The van der Waals surface area contributed by atoms with Gasteiger partial charge in [0.05, 0.1) is 19.3 Å². The number of likely N-dealkylation sites (N-methyl/N-ethyl adjacent to an activating group) is 1. The summed E-state index contributed by atoms with van der Waals surface area (Å²) >= 11 is 0. The maximum Gasteiger partial charge on any atom is 0.238 e. The minimum Gasteiger partial charge on any atom is -0.389 e. The van der Waals surface area contributed by atoms with E-state index in [9.17, 15) is 14.7 Å². The highest BCUT2D eigenvalue weighted by Crippen LogP contribution is 2.10. The normalized spacial score (nSPS) is 12.2. The maximum atomic E-state index is 11.8. The number of methoxy groups -OCH3 is 1. The Kier molecular flexibility index (Phi) is 7.01. The number of carbonyl (C=O) groups is 2. The van der Waals surface area contributed by atoms with Gasteiger partial charge in [0.1, 0.15) is 0 Å². The number of anilines is 1. The van der Waals surface area contributed by atoms with Gasteiger partial charge in [0.25, 0.3) is 0 Å². The number of nitrogens with zero attached hydrogens (tertiary/aromatic N) is 1. The quantitative estimate of drug-likeness (QED) is 0.692. The molecule has 0 spiro atoms. The lowest BCUT2D eigenvalue weighted by Gasteiger charge is -2.19. The van der Waals surface area contributed by atoms with Gasteiger partial charge in [-0.25, -0.2) is 0 Å². The van der Waals surface area contributed by atoms with Crippen molar-refractivity contribution in [3.05, 3.63) is 29.8 Å². The second kappa shape index (κ2) is 8.51. The van der Waals surface area contributed by atoms with E-state index in [0.717, 1.165) is 0 Å². The van der Waals surface area contributed by atoms with Gasteiger partial charge >= 0.3 is 0 Å². The van der Waals surface area contributed by atoms with Gasteiger partial charge in [-0.3, -0.25) is 14.5 Å². The molecule has 0 saturated carbocycles. The van der Waals surface area contributed by atoms with Crippen molar-refractivity contribution in [1.82, 2.24) is 4.90 Å². The summed E-state index contributed by atoms with van der Waals surface area (Å²) in [6.07, 6.45) is -0.623. The molecule has 0 saturated heterocycles. The largest absolute Gasteiger partial charge is 0.389 e. The van der Waals surface area contributed by atoms with Crippen LogP contribution in [0.25, 0.3) is 0 Å². The summed E-state index contributed by atoms with van der Waals surface area (Å²) in [6.45, 7) is 2.24. The van der Waals surface area contributed by atoms with E-state index in [2.05, 4.69) is 5.32 Å². The molecule has 0 bridgehead atoms. The number of hydrogen-bond donors (Lipinski definition) is 2. The molecular weight excluding hydrogens is 272 g/mol. The Bertz CT molecular complexity index is 473. The lowest BCUT2D eigenvalue weighted by molar-refractivity contribution is -0.117. The first-order valence-corrected chi connectivity index (χ1v) is 6.68. The van der Waals surface area contributed by atoms with Gasteiger partial charge in [0, 0.05) is 24.9 Å². The summed E-state index contributed by atoms with van der Waals surface area (Å²) in [4.78, 5) is 24.7. The average molecular weight is 294 g/mol. The first-order valence-electron chi connectivity index (χ1n) is 6.68. The zero-order valence-corrected chi connectivity index (χ0v) is 12.6. The molecule has 0 aliphatic heterocycles. The van der Waals surface area contributed by atoms with Crippen molar-refractivity contribution in [3.8, 4) is 0 Å². The van der Waals surface area contributed by atoms with Crippen molar-refractivity contribution in [2.45, 2.75) is 13.0 Å². The molecule has 1 aromatic carbocycles. The minimum absolute atomic E-state index is 0.0141. The number of amides is 1. The van der Waals surface area contributed by atoms with Crippen LogP contribution in [0, 0.1) is 0 Å². The monoisotopic (exact) mass is 294 g/mol. The second-order valence-electron chi connectivity index (χ2n) is 4.99. The van der Waals surface area contributed by atoms with Crippen molar-refractivity contribution in [3.63, 3.8) is 0 Å². The predicted octanol–water partition coefficient (Wildman–Crippen LogP) is 0.767. The Hall–Kier alpha value is -1.76. The average Bonchev–Trinajstić information content (AvgIpc) is 2.38. The molecule has 1 rings (SSSR count). The van der Waals surface area contributed by atoms with E-state index >= 15 is 0 Å². The first-order chi connectivity index (χ1) is 9.92. The van der Waals surface area contributed by atoms with Crippen LogP contribution in [-0.4, -0.2) is 61.7 Å². The van der Waals surface area contributed by atoms with Gasteiger partial charge in [-0.1, -0.05) is 0 Å². The van der Waals surface area contributed by atoms with E-state index in [0.29, 0.717) is 17.8 Å². The first kappa shape index (κ1) is 17.3. The number of aliphatic hydroxyl groups is 1. The molecule has 1 amide bonds. The van der Waals surface area contributed by atoms with Crippen molar-refractivity contribution in [2.75, 3.05) is 39.2 Å². The SMILES string of the molecule is COCC(O)CN(C)CC(=O)Nc1ccc(C(C)=O)cc1. The molecule has 1 aromatic rings. The van der Waals surface area contributed by atoms with Crippen LogP contribution < -0.4 is 5.32 Å². The molecule has 6 heteroatoms.